The van der Waals surface area contributed by atoms with Gasteiger partial charge in [0.25, 0.3) is 0 Å². The molecule has 9 nitrogen and oxygen atoms in total. The highest BCUT2D eigenvalue weighted by molar-refractivity contribution is 7.89. The maximum atomic E-state index is 12.7. The number of carbonyl (C=O) groups is 2. The van der Waals surface area contributed by atoms with E-state index in [-0.39, 0.29) is 22.4 Å². The van der Waals surface area contributed by atoms with Crippen molar-refractivity contribution in [3.63, 3.8) is 0 Å². The third kappa shape index (κ3) is 7.64. The van der Waals surface area contributed by atoms with Crippen LogP contribution in [0.2, 0.25) is 5.02 Å². The number of nitrogens with one attached hydrogen (secondary N) is 3. The van der Waals surface area contributed by atoms with E-state index in [2.05, 4.69) is 20.3 Å². The van der Waals surface area contributed by atoms with E-state index in [9.17, 15) is 23.1 Å². The number of nitrogens with zero attached hydrogens (tertiary/aromatic N) is 1. The second kappa shape index (κ2) is 12.5. The number of rotatable bonds is 10. The second-order valence-corrected chi connectivity index (χ2v) is 10.6. The van der Waals surface area contributed by atoms with Gasteiger partial charge in [-0.25, -0.2) is 13.2 Å². The van der Waals surface area contributed by atoms with Crippen LogP contribution >= 0.6 is 11.6 Å². The van der Waals surface area contributed by atoms with Crippen LogP contribution in [0.15, 0.2) is 102 Å². The molecule has 0 bridgehead atoms. The molecule has 0 aliphatic carbocycles. The van der Waals surface area contributed by atoms with Crippen molar-refractivity contribution in [3.8, 4) is 11.1 Å². The van der Waals surface area contributed by atoms with Gasteiger partial charge in [0.05, 0.1) is 17.3 Å². The lowest BCUT2D eigenvalue weighted by Gasteiger charge is -2.16. The summed E-state index contributed by atoms with van der Waals surface area (Å²) in [7, 11) is -4.15. The van der Waals surface area contributed by atoms with Crippen molar-refractivity contribution in [1.82, 2.24) is 15.0 Å². The molecule has 0 saturated heterocycles. The van der Waals surface area contributed by atoms with Gasteiger partial charge < -0.3 is 15.7 Å². The van der Waals surface area contributed by atoms with Crippen LogP contribution in [0.5, 0.6) is 0 Å². The number of halogens is 1. The molecule has 2 amide bonds. The Balaban J connectivity index is 1.40. The fourth-order valence-electron chi connectivity index (χ4n) is 3.79. The number of hydrogen-bond donors (Lipinski definition) is 4. The largest absolute Gasteiger partial charge is 0.480 e. The number of anilines is 1. The number of carbonyl (C=O) groups excluding carboxylic acids is 1. The summed E-state index contributed by atoms with van der Waals surface area (Å²) < 4.78 is 27.7. The number of carboxylic acid groups (broad SMARTS) is 1. The van der Waals surface area contributed by atoms with Crippen molar-refractivity contribution in [3.05, 3.63) is 113 Å². The number of aliphatic carboxylic acids is 1. The van der Waals surface area contributed by atoms with Crippen LogP contribution in [0.1, 0.15) is 11.3 Å². The number of carboxylic acids is 1. The molecule has 0 spiro atoms. The lowest BCUT2D eigenvalue weighted by atomic mass is 10.0. The summed E-state index contributed by atoms with van der Waals surface area (Å²) in [6.07, 6.45) is 1.59. The molecule has 1 atom stereocenters. The molecule has 4 N–H and O–H groups in total. The van der Waals surface area contributed by atoms with E-state index in [0.29, 0.717) is 17.8 Å². The summed E-state index contributed by atoms with van der Waals surface area (Å²) in [6, 6.07) is 23.9. The third-order valence-corrected chi connectivity index (χ3v) is 7.70. The molecule has 0 fully saturated rings. The molecular weight excluding hydrogens is 540 g/mol. The topological polar surface area (TPSA) is 137 Å². The van der Waals surface area contributed by atoms with Crippen molar-refractivity contribution < 1.29 is 23.1 Å². The average molecular weight is 565 g/mol. The molecule has 3 aromatic carbocycles. The molecule has 1 heterocycles. The molecule has 0 aliphatic rings. The Kier molecular flexibility index (Phi) is 8.92. The van der Waals surface area contributed by atoms with Gasteiger partial charge in [0.1, 0.15) is 10.9 Å². The fourth-order valence-corrected chi connectivity index (χ4v) is 5.50. The molecular formula is C28H25ClN4O5S. The van der Waals surface area contributed by atoms with E-state index in [4.69, 9.17) is 11.6 Å². The van der Waals surface area contributed by atoms with Crippen molar-refractivity contribution in [2.75, 3.05) is 5.32 Å². The Bertz CT molecular complexity index is 1560. The first-order valence-electron chi connectivity index (χ1n) is 11.8. The molecule has 0 aliphatic heterocycles. The van der Waals surface area contributed by atoms with E-state index in [1.165, 1.54) is 18.2 Å². The molecule has 200 valence electrons. The normalized spacial score (nSPS) is 11.9. The van der Waals surface area contributed by atoms with Gasteiger partial charge >= 0.3 is 12.0 Å². The van der Waals surface area contributed by atoms with Crippen LogP contribution in [0.4, 0.5) is 10.5 Å². The molecule has 1 unspecified atom stereocenters. The predicted molar refractivity (Wildman–Crippen MR) is 149 cm³/mol. The van der Waals surface area contributed by atoms with Crippen LogP contribution in [-0.2, 0) is 27.8 Å². The fraction of sp³-hybridized carbons (Fsp3) is 0.107. The van der Waals surface area contributed by atoms with Crippen molar-refractivity contribution in [1.29, 1.82) is 0 Å². The molecule has 4 rings (SSSR count). The summed E-state index contributed by atoms with van der Waals surface area (Å²) >= 11 is 5.99. The van der Waals surface area contributed by atoms with Crippen LogP contribution in [0.3, 0.4) is 0 Å². The summed E-state index contributed by atoms with van der Waals surface area (Å²) in [6.45, 7) is 0.291. The zero-order chi connectivity index (χ0) is 27.8. The van der Waals surface area contributed by atoms with Gasteiger partial charge in [0.15, 0.2) is 0 Å². The van der Waals surface area contributed by atoms with Crippen LogP contribution in [-0.4, -0.2) is 36.6 Å². The second-order valence-electron chi connectivity index (χ2n) is 8.55. The van der Waals surface area contributed by atoms with E-state index in [0.717, 1.165) is 16.8 Å². The van der Waals surface area contributed by atoms with Crippen LogP contribution in [0, 0.1) is 0 Å². The molecule has 11 heteroatoms. The van der Waals surface area contributed by atoms with Gasteiger partial charge in [0.2, 0.25) is 10.0 Å². The number of aromatic nitrogens is 1. The Morgan fingerprint density at radius 3 is 2.33 bits per heavy atom. The van der Waals surface area contributed by atoms with E-state index in [1.54, 1.807) is 48.7 Å². The Morgan fingerprint density at radius 1 is 0.897 bits per heavy atom. The Labute approximate surface area is 230 Å². The zero-order valence-corrected chi connectivity index (χ0v) is 22.1. The summed E-state index contributed by atoms with van der Waals surface area (Å²) in [5.41, 5.74) is 3.62. The van der Waals surface area contributed by atoms with E-state index >= 15 is 0 Å². The molecule has 39 heavy (non-hydrogen) atoms. The minimum atomic E-state index is -4.15. The maximum Gasteiger partial charge on any atom is 0.322 e. The summed E-state index contributed by atoms with van der Waals surface area (Å²) in [5.74, 6) is -1.31. The van der Waals surface area contributed by atoms with Crippen LogP contribution < -0.4 is 15.4 Å². The SMILES string of the molecule is O=C(NCc1ccccn1)Nc1cccc(-c2ccc(CC(NS(=O)(=O)c3ccccc3Cl)C(=O)O)cc2)c1. The molecule has 1 aromatic heterocycles. The summed E-state index contributed by atoms with van der Waals surface area (Å²) in [4.78, 5) is 28.1. The Hall–Kier alpha value is -4.25. The lowest BCUT2D eigenvalue weighted by Crippen LogP contribution is -2.42. The number of pyridine rings is 1. The summed E-state index contributed by atoms with van der Waals surface area (Å²) in [5, 5.41) is 15.2. The minimum absolute atomic E-state index is 0.000830. The quantitative estimate of drug-likeness (QED) is 0.220. The van der Waals surface area contributed by atoms with Gasteiger partial charge in [0, 0.05) is 11.9 Å². The number of urea groups is 1. The standard InChI is InChI=1S/C28H25ClN4O5S/c29-24-9-1-2-10-26(24)39(37,38)33-25(27(34)35)16-19-11-13-20(14-12-19)21-6-5-8-22(17-21)32-28(36)31-18-23-7-3-4-15-30-23/h1-15,17,25,33H,16,18H2,(H,34,35)(H2,31,32,36). The highest BCUT2D eigenvalue weighted by Gasteiger charge is 2.27. The van der Waals surface area contributed by atoms with Crippen molar-refractivity contribution in [2.24, 2.45) is 0 Å². The molecule has 0 radical (unpaired) electrons. The highest BCUT2D eigenvalue weighted by atomic mass is 35.5. The number of benzene rings is 3. The smallest absolute Gasteiger partial charge is 0.322 e. The minimum Gasteiger partial charge on any atom is -0.480 e. The number of amides is 2. The molecule has 4 aromatic rings. The highest BCUT2D eigenvalue weighted by Crippen LogP contribution is 2.24. The van der Waals surface area contributed by atoms with Gasteiger partial charge in [-0.1, -0.05) is 66.2 Å². The van der Waals surface area contributed by atoms with Gasteiger partial charge in [-0.3, -0.25) is 9.78 Å². The van der Waals surface area contributed by atoms with Gasteiger partial charge in [-0.15, -0.1) is 0 Å². The predicted octanol–water partition coefficient (Wildman–Crippen LogP) is 4.70. The van der Waals surface area contributed by atoms with Crippen LogP contribution in [0.25, 0.3) is 11.1 Å². The first-order valence-corrected chi connectivity index (χ1v) is 13.7. The lowest BCUT2D eigenvalue weighted by molar-refractivity contribution is -0.138. The third-order valence-electron chi connectivity index (χ3n) is 5.73. The first kappa shape index (κ1) is 27.8. The van der Waals surface area contributed by atoms with Crippen molar-refractivity contribution >= 4 is 39.3 Å². The zero-order valence-electron chi connectivity index (χ0n) is 20.5. The van der Waals surface area contributed by atoms with Gasteiger partial charge in [-0.2, -0.15) is 4.72 Å². The van der Waals surface area contributed by atoms with Crippen molar-refractivity contribution in [2.45, 2.75) is 23.9 Å². The van der Waals surface area contributed by atoms with E-state index in [1.807, 2.05) is 30.3 Å². The van der Waals surface area contributed by atoms with Gasteiger partial charge in [-0.05, 0) is 59.5 Å². The Morgan fingerprint density at radius 2 is 1.64 bits per heavy atom. The maximum absolute atomic E-state index is 12.7. The first-order chi connectivity index (χ1) is 18.7. The van der Waals surface area contributed by atoms with E-state index < -0.39 is 22.0 Å². The molecule has 0 saturated carbocycles. The monoisotopic (exact) mass is 564 g/mol. The number of hydrogen-bond acceptors (Lipinski definition) is 5. The number of sulfonamides is 1. The average Bonchev–Trinajstić information content (AvgIpc) is 2.93.